The Hall–Kier alpha value is -1.33. The van der Waals surface area contributed by atoms with Crippen LogP contribution in [-0.4, -0.2) is 10.1 Å². The summed E-state index contributed by atoms with van der Waals surface area (Å²) in [7, 11) is 0. The quantitative estimate of drug-likeness (QED) is 0.871. The minimum Gasteiger partial charge on any atom is -0.440 e. The number of aliphatic hydroxyl groups excluding tert-OH is 1. The molecule has 5 heteroatoms. The maximum Gasteiger partial charge on any atom is 0.260 e. The predicted octanol–water partition coefficient (Wildman–Crippen LogP) is 2.46. The molecule has 2 aromatic rings. The summed E-state index contributed by atoms with van der Waals surface area (Å²) in [5, 5.41) is 9.45. The Balaban J connectivity index is 2.32. The third-order valence-corrected chi connectivity index (χ3v) is 2.82. The number of nitrogens with zero attached hydrogens (tertiary/aromatic N) is 1. The summed E-state index contributed by atoms with van der Waals surface area (Å²) < 4.78 is 18.3. The number of benzene rings is 1. The summed E-state index contributed by atoms with van der Waals surface area (Å²) >= 11 is 1.18. The molecule has 0 aliphatic rings. The first-order chi connectivity index (χ1) is 7.31. The van der Waals surface area contributed by atoms with Gasteiger partial charge in [0, 0.05) is 10.5 Å². The monoisotopic (exact) mass is 225 g/mol. The fourth-order valence-electron chi connectivity index (χ4n) is 1.14. The molecule has 0 bridgehead atoms. The number of rotatable bonds is 3. The number of aromatic nitrogens is 1. The van der Waals surface area contributed by atoms with E-state index < -0.39 is 5.82 Å². The van der Waals surface area contributed by atoms with Gasteiger partial charge in [-0.3, -0.25) is 0 Å². The van der Waals surface area contributed by atoms with Crippen LogP contribution in [0.15, 0.2) is 45.2 Å². The van der Waals surface area contributed by atoms with E-state index in [2.05, 4.69) is 4.98 Å². The molecule has 1 heterocycles. The van der Waals surface area contributed by atoms with Crippen LogP contribution >= 0.6 is 11.8 Å². The summed E-state index contributed by atoms with van der Waals surface area (Å²) in [5.74, 6) is -0.422. The molecule has 0 unspecified atom stereocenters. The van der Waals surface area contributed by atoms with Crippen molar-refractivity contribution < 1.29 is 13.9 Å². The lowest BCUT2D eigenvalue weighted by Gasteiger charge is -2.04. The standard InChI is InChI=1S/C10H8FNO2S/c11-8-2-1-3-9(7(8)6-13)15-10-12-4-5-14-10/h1-5,13H,6H2. The molecule has 3 nitrogen and oxygen atoms in total. The second-order valence-corrected chi connectivity index (χ2v) is 3.77. The lowest BCUT2D eigenvalue weighted by atomic mass is 10.2. The van der Waals surface area contributed by atoms with Crippen LogP contribution in [0.1, 0.15) is 5.56 Å². The molecule has 78 valence electrons. The van der Waals surface area contributed by atoms with Gasteiger partial charge in [-0.25, -0.2) is 9.37 Å². The van der Waals surface area contributed by atoms with Gasteiger partial charge < -0.3 is 9.52 Å². The molecule has 0 amide bonds. The Morgan fingerprint density at radius 1 is 1.47 bits per heavy atom. The normalized spacial score (nSPS) is 10.5. The lowest BCUT2D eigenvalue weighted by Crippen LogP contribution is -1.92. The number of hydrogen-bond acceptors (Lipinski definition) is 4. The minimum absolute atomic E-state index is 0.265. The molecular formula is C10H8FNO2S. The highest BCUT2D eigenvalue weighted by molar-refractivity contribution is 7.99. The Kier molecular flexibility index (Phi) is 3.03. The summed E-state index contributed by atoms with van der Waals surface area (Å²) in [6.07, 6.45) is 2.96. The van der Waals surface area contributed by atoms with Gasteiger partial charge in [0.05, 0.1) is 12.8 Å². The number of aliphatic hydroxyl groups is 1. The Bertz CT molecular complexity index is 445. The first-order valence-electron chi connectivity index (χ1n) is 4.27. The molecule has 15 heavy (non-hydrogen) atoms. The van der Waals surface area contributed by atoms with Crippen molar-refractivity contribution in [2.75, 3.05) is 0 Å². The molecule has 0 aliphatic heterocycles. The van der Waals surface area contributed by atoms with E-state index in [9.17, 15) is 4.39 Å². The van der Waals surface area contributed by atoms with Crippen molar-refractivity contribution in [3.8, 4) is 0 Å². The van der Waals surface area contributed by atoms with E-state index in [-0.39, 0.29) is 12.2 Å². The third-order valence-electron chi connectivity index (χ3n) is 1.84. The number of oxazole rings is 1. The number of hydrogen-bond donors (Lipinski definition) is 1. The first kappa shape index (κ1) is 10.2. The summed E-state index contributed by atoms with van der Waals surface area (Å²) in [6.45, 7) is -0.338. The van der Waals surface area contributed by atoms with E-state index in [1.165, 1.54) is 30.3 Å². The average molecular weight is 225 g/mol. The first-order valence-corrected chi connectivity index (χ1v) is 5.08. The predicted molar refractivity (Wildman–Crippen MR) is 52.9 cm³/mol. The molecule has 0 atom stereocenters. The van der Waals surface area contributed by atoms with Crippen LogP contribution < -0.4 is 0 Å². The van der Waals surface area contributed by atoms with E-state index in [1.54, 1.807) is 12.1 Å². The van der Waals surface area contributed by atoms with Gasteiger partial charge >= 0.3 is 0 Å². The van der Waals surface area contributed by atoms with Crippen LogP contribution in [0.3, 0.4) is 0 Å². The van der Waals surface area contributed by atoms with Gasteiger partial charge in [-0.15, -0.1) is 0 Å². The van der Waals surface area contributed by atoms with E-state index in [0.29, 0.717) is 10.1 Å². The zero-order chi connectivity index (χ0) is 10.7. The fourth-order valence-corrected chi connectivity index (χ4v) is 1.98. The van der Waals surface area contributed by atoms with Gasteiger partial charge in [-0.1, -0.05) is 6.07 Å². The van der Waals surface area contributed by atoms with Crippen molar-refractivity contribution in [2.45, 2.75) is 16.7 Å². The number of halogens is 1. The second-order valence-electron chi connectivity index (χ2n) is 2.77. The summed E-state index contributed by atoms with van der Waals surface area (Å²) in [6, 6.07) is 4.61. The SMILES string of the molecule is OCc1c(F)cccc1Sc1ncco1. The van der Waals surface area contributed by atoms with E-state index in [0.717, 1.165) is 0 Å². The molecule has 1 aromatic carbocycles. The van der Waals surface area contributed by atoms with Crippen molar-refractivity contribution >= 4 is 11.8 Å². The Morgan fingerprint density at radius 3 is 3.00 bits per heavy atom. The van der Waals surface area contributed by atoms with E-state index >= 15 is 0 Å². The van der Waals surface area contributed by atoms with Gasteiger partial charge in [-0.05, 0) is 23.9 Å². The summed E-state index contributed by atoms with van der Waals surface area (Å²) in [4.78, 5) is 4.52. The van der Waals surface area contributed by atoms with Crippen LogP contribution in [-0.2, 0) is 6.61 Å². The molecule has 0 fully saturated rings. The second kappa shape index (κ2) is 4.46. The van der Waals surface area contributed by atoms with Crippen LogP contribution in [0, 0.1) is 5.82 Å². The molecule has 1 aromatic heterocycles. The highest BCUT2D eigenvalue weighted by Gasteiger charge is 2.10. The zero-order valence-electron chi connectivity index (χ0n) is 7.68. The Labute approximate surface area is 90.0 Å². The van der Waals surface area contributed by atoms with Crippen molar-refractivity contribution in [1.82, 2.24) is 4.98 Å². The summed E-state index contributed by atoms with van der Waals surface area (Å²) in [5.41, 5.74) is 0.265. The molecule has 0 saturated heterocycles. The molecule has 0 spiro atoms. The fraction of sp³-hybridized carbons (Fsp3) is 0.100. The zero-order valence-corrected chi connectivity index (χ0v) is 8.50. The van der Waals surface area contributed by atoms with Crippen LogP contribution in [0.5, 0.6) is 0 Å². The van der Waals surface area contributed by atoms with Gasteiger partial charge in [-0.2, -0.15) is 0 Å². The van der Waals surface area contributed by atoms with Gasteiger partial charge in [0.15, 0.2) is 0 Å². The van der Waals surface area contributed by atoms with Gasteiger partial charge in [0.2, 0.25) is 0 Å². The molecule has 2 rings (SSSR count). The van der Waals surface area contributed by atoms with Crippen molar-refractivity contribution in [3.63, 3.8) is 0 Å². The lowest BCUT2D eigenvalue weighted by molar-refractivity contribution is 0.272. The molecule has 0 saturated carbocycles. The average Bonchev–Trinajstić information content (AvgIpc) is 2.71. The molecule has 1 N–H and O–H groups in total. The van der Waals surface area contributed by atoms with Crippen LogP contribution in [0.25, 0.3) is 0 Å². The molecule has 0 aliphatic carbocycles. The smallest absolute Gasteiger partial charge is 0.260 e. The van der Waals surface area contributed by atoms with Crippen molar-refractivity contribution in [3.05, 3.63) is 42.0 Å². The highest BCUT2D eigenvalue weighted by atomic mass is 32.2. The van der Waals surface area contributed by atoms with E-state index in [4.69, 9.17) is 9.52 Å². The highest BCUT2D eigenvalue weighted by Crippen LogP contribution is 2.30. The topological polar surface area (TPSA) is 46.3 Å². The minimum atomic E-state index is -0.422. The maximum absolute atomic E-state index is 13.3. The molecular weight excluding hydrogens is 217 g/mol. The van der Waals surface area contributed by atoms with Crippen molar-refractivity contribution in [1.29, 1.82) is 0 Å². The molecule has 0 radical (unpaired) electrons. The maximum atomic E-state index is 13.3. The van der Waals surface area contributed by atoms with Crippen LogP contribution in [0.2, 0.25) is 0 Å². The third kappa shape index (κ3) is 2.19. The Morgan fingerprint density at radius 2 is 2.33 bits per heavy atom. The van der Waals surface area contributed by atoms with Gasteiger partial charge in [0.25, 0.3) is 5.22 Å². The van der Waals surface area contributed by atoms with Crippen molar-refractivity contribution in [2.24, 2.45) is 0 Å². The van der Waals surface area contributed by atoms with E-state index in [1.807, 2.05) is 0 Å². The van der Waals surface area contributed by atoms with Gasteiger partial charge in [0.1, 0.15) is 12.1 Å². The van der Waals surface area contributed by atoms with Crippen LogP contribution in [0.4, 0.5) is 4.39 Å². The largest absolute Gasteiger partial charge is 0.440 e.